The zero-order valence-electron chi connectivity index (χ0n) is 11.2. The molecule has 0 saturated heterocycles. The third-order valence-corrected chi connectivity index (χ3v) is 4.00. The molecule has 1 aliphatic heterocycles. The maximum absolute atomic E-state index is 11.7. The Balaban J connectivity index is 2.05. The Morgan fingerprint density at radius 2 is 1.90 bits per heavy atom. The number of aromatic hydroxyl groups is 1. The third kappa shape index (κ3) is 2.54. The van der Waals surface area contributed by atoms with E-state index in [9.17, 15) is 15.0 Å². The lowest BCUT2D eigenvalue weighted by atomic mass is 9.92. The van der Waals surface area contributed by atoms with Crippen molar-refractivity contribution in [1.82, 2.24) is 0 Å². The van der Waals surface area contributed by atoms with Crippen molar-refractivity contribution < 1.29 is 15.0 Å². The maximum atomic E-state index is 11.7. The van der Waals surface area contributed by atoms with Crippen molar-refractivity contribution in [3.63, 3.8) is 0 Å². The molecule has 0 aromatic heterocycles. The van der Waals surface area contributed by atoms with Gasteiger partial charge in [0.2, 0.25) is 0 Å². The van der Waals surface area contributed by atoms with Gasteiger partial charge in [-0.3, -0.25) is 0 Å². The number of rotatable bonds is 2. The van der Waals surface area contributed by atoms with Gasteiger partial charge in [0, 0.05) is 17.3 Å². The SMILES string of the molecule is O=C(O)[C@@H]1c2ccc(O)cc2CCN1c1ccc(Cl)cc1. The van der Waals surface area contributed by atoms with Gasteiger partial charge in [-0.1, -0.05) is 17.7 Å². The molecule has 3 rings (SSSR count). The molecule has 2 N–H and O–H groups in total. The summed E-state index contributed by atoms with van der Waals surface area (Å²) in [5.74, 6) is -0.741. The maximum Gasteiger partial charge on any atom is 0.331 e. The predicted molar refractivity (Wildman–Crippen MR) is 81.0 cm³/mol. The lowest BCUT2D eigenvalue weighted by Gasteiger charge is -2.36. The lowest BCUT2D eigenvalue weighted by molar-refractivity contribution is -0.138. The van der Waals surface area contributed by atoms with Crippen molar-refractivity contribution in [2.24, 2.45) is 0 Å². The summed E-state index contributed by atoms with van der Waals surface area (Å²) in [5, 5.41) is 19.8. The fraction of sp³-hybridized carbons (Fsp3) is 0.188. The van der Waals surface area contributed by atoms with E-state index < -0.39 is 12.0 Å². The largest absolute Gasteiger partial charge is 0.508 e. The van der Waals surface area contributed by atoms with Gasteiger partial charge in [-0.2, -0.15) is 0 Å². The Morgan fingerprint density at radius 1 is 1.19 bits per heavy atom. The van der Waals surface area contributed by atoms with E-state index >= 15 is 0 Å². The molecule has 0 aliphatic carbocycles. The van der Waals surface area contributed by atoms with E-state index in [0.717, 1.165) is 16.8 Å². The van der Waals surface area contributed by atoms with Crippen molar-refractivity contribution >= 4 is 23.3 Å². The summed E-state index contributed by atoms with van der Waals surface area (Å²) >= 11 is 5.89. The molecule has 2 aromatic rings. The van der Waals surface area contributed by atoms with Gasteiger partial charge in [-0.15, -0.1) is 0 Å². The van der Waals surface area contributed by atoms with Crippen LogP contribution in [-0.4, -0.2) is 22.7 Å². The molecule has 0 spiro atoms. The number of phenols is 1. The number of carboxylic acid groups (broad SMARTS) is 1. The van der Waals surface area contributed by atoms with Gasteiger partial charge in [0.1, 0.15) is 5.75 Å². The van der Waals surface area contributed by atoms with E-state index in [-0.39, 0.29) is 5.75 Å². The van der Waals surface area contributed by atoms with Crippen LogP contribution < -0.4 is 4.90 Å². The average molecular weight is 304 g/mol. The van der Waals surface area contributed by atoms with Gasteiger partial charge in [0.25, 0.3) is 0 Å². The Labute approximate surface area is 127 Å². The van der Waals surface area contributed by atoms with E-state index in [4.69, 9.17) is 11.6 Å². The van der Waals surface area contributed by atoms with Crippen molar-refractivity contribution in [1.29, 1.82) is 0 Å². The Morgan fingerprint density at radius 3 is 2.57 bits per heavy atom. The van der Waals surface area contributed by atoms with E-state index in [1.165, 1.54) is 6.07 Å². The molecule has 0 saturated carbocycles. The van der Waals surface area contributed by atoms with Crippen molar-refractivity contribution in [2.45, 2.75) is 12.5 Å². The molecule has 108 valence electrons. The van der Waals surface area contributed by atoms with E-state index in [1.807, 2.05) is 17.0 Å². The molecule has 0 bridgehead atoms. The number of phenolic OH excluding ortho intramolecular Hbond substituents is 1. The van der Waals surface area contributed by atoms with Crippen molar-refractivity contribution in [3.8, 4) is 5.75 Å². The zero-order valence-corrected chi connectivity index (χ0v) is 11.9. The number of benzene rings is 2. The predicted octanol–water partition coefficient (Wildman–Crippen LogP) is 3.23. The minimum Gasteiger partial charge on any atom is -0.508 e. The summed E-state index contributed by atoms with van der Waals surface area (Å²) in [7, 11) is 0. The summed E-state index contributed by atoms with van der Waals surface area (Å²) < 4.78 is 0. The Bertz CT molecular complexity index is 684. The smallest absolute Gasteiger partial charge is 0.331 e. The minimum atomic E-state index is -0.906. The number of hydrogen-bond donors (Lipinski definition) is 2. The highest BCUT2D eigenvalue weighted by atomic mass is 35.5. The molecule has 5 heteroatoms. The van der Waals surface area contributed by atoms with Crippen molar-refractivity contribution in [3.05, 3.63) is 58.6 Å². The zero-order chi connectivity index (χ0) is 15.0. The molecule has 1 atom stereocenters. The number of anilines is 1. The number of carbonyl (C=O) groups is 1. The summed E-state index contributed by atoms with van der Waals surface area (Å²) in [4.78, 5) is 13.6. The van der Waals surface area contributed by atoms with E-state index in [1.54, 1.807) is 24.3 Å². The van der Waals surface area contributed by atoms with Crippen LogP contribution in [0, 0.1) is 0 Å². The lowest BCUT2D eigenvalue weighted by Crippen LogP contribution is -2.39. The molecule has 1 heterocycles. The monoisotopic (exact) mass is 303 g/mol. The second kappa shape index (κ2) is 5.30. The normalized spacial score (nSPS) is 17.4. The van der Waals surface area contributed by atoms with Crippen LogP contribution in [0.25, 0.3) is 0 Å². The highest BCUT2D eigenvalue weighted by Gasteiger charge is 2.33. The van der Waals surface area contributed by atoms with Crippen LogP contribution in [0.1, 0.15) is 17.2 Å². The van der Waals surface area contributed by atoms with Gasteiger partial charge >= 0.3 is 5.97 Å². The molecule has 1 aliphatic rings. The highest BCUT2D eigenvalue weighted by molar-refractivity contribution is 6.30. The number of fused-ring (bicyclic) bond motifs is 1. The Hall–Kier alpha value is -2.20. The second-order valence-electron chi connectivity index (χ2n) is 5.04. The molecule has 0 fully saturated rings. The molecular formula is C16H14ClNO3. The summed E-state index contributed by atoms with van der Waals surface area (Å²) in [5.41, 5.74) is 2.43. The number of aliphatic carboxylic acids is 1. The quantitative estimate of drug-likeness (QED) is 0.894. The molecule has 0 radical (unpaired) electrons. The highest BCUT2D eigenvalue weighted by Crippen LogP contribution is 2.35. The topological polar surface area (TPSA) is 60.8 Å². The first kappa shape index (κ1) is 13.8. The standard InChI is InChI=1S/C16H14ClNO3/c17-11-1-3-12(4-2-11)18-8-7-10-9-13(19)5-6-14(10)15(18)16(20)21/h1-6,9,15,19H,7-8H2,(H,20,21)/t15-/m0/s1. The van der Waals surface area contributed by atoms with Gasteiger partial charge in [0.05, 0.1) is 0 Å². The number of carboxylic acids is 1. The Kier molecular flexibility index (Phi) is 3.47. The van der Waals surface area contributed by atoms with Crippen LogP contribution in [-0.2, 0) is 11.2 Å². The molecule has 21 heavy (non-hydrogen) atoms. The van der Waals surface area contributed by atoms with Crippen LogP contribution in [0.2, 0.25) is 5.02 Å². The van der Waals surface area contributed by atoms with E-state index in [2.05, 4.69) is 0 Å². The van der Waals surface area contributed by atoms with Crippen LogP contribution in [0.4, 0.5) is 5.69 Å². The number of nitrogens with zero attached hydrogens (tertiary/aromatic N) is 1. The average Bonchev–Trinajstić information content (AvgIpc) is 2.46. The third-order valence-electron chi connectivity index (χ3n) is 3.75. The van der Waals surface area contributed by atoms with Crippen LogP contribution in [0.15, 0.2) is 42.5 Å². The molecule has 0 unspecified atom stereocenters. The molecular weight excluding hydrogens is 290 g/mol. The van der Waals surface area contributed by atoms with Crippen molar-refractivity contribution in [2.75, 3.05) is 11.4 Å². The van der Waals surface area contributed by atoms with Gasteiger partial charge in [0.15, 0.2) is 6.04 Å². The van der Waals surface area contributed by atoms with Gasteiger partial charge in [-0.05, 0) is 53.9 Å². The fourth-order valence-corrected chi connectivity index (χ4v) is 2.92. The fourth-order valence-electron chi connectivity index (χ4n) is 2.79. The number of hydrogen-bond acceptors (Lipinski definition) is 3. The minimum absolute atomic E-state index is 0.165. The summed E-state index contributed by atoms with van der Waals surface area (Å²) in [6.45, 7) is 0.578. The summed E-state index contributed by atoms with van der Waals surface area (Å²) in [6, 6.07) is 11.3. The van der Waals surface area contributed by atoms with Crippen LogP contribution in [0.5, 0.6) is 5.75 Å². The molecule has 2 aromatic carbocycles. The first-order valence-corrected chi connectivity index (χ1v) is 7.01. The first-order chi connectivity index (χ1) is 10.1. The second-order valence-corrected chi connectivity index (χ2v) is 5.48. The molecule has 0 amide bonds. The van der Waals surface area contributed by atoms with Crippen LogP contribution in [0.3, 0.4) is 0 Å². The van der Waals surface area contributed by atoms with E-state index in [0.29, 0.717) is 18.0 Å². The van der Waals surface area contributed by atoms with Gasteiger partial charge < -0.3 is 15.1 Å². The van der Waals surface area contributed by atoms with Gasteiger partial charge in [-0.25, -0.2) is 4.79 Å². The first-order valence-electron chi connectivity index (χ1n) is 6.63. The number of halogens is 1. The van der Waals surface area contributed by atoms with Crippen LogP contribution >= 0.6 is 11.6 Å². The molecule has 4 nitrogen and oxygen atoms in total. The summed E-state index contributed by atoms with van der Waals surface area (Å²) in [6.07, 6.45) is 0.691.